The quantitative estimate of drug-likeness (QED) is 0.734. The van der Waals surface area contributed by atoms with Gasteiger partial charge in [0.25, 0.3) is 5.91 Å². The Bertz CT molecular complexity index is 652. The van der Waals surface area contributed by atoms with E-state index in [4.69, 9.17) is 18.9 Å². The lowest BCUT2D eigenvalue weighted by Crippen LogP contribution is -2.44. The molecule has 0 aliphatic carbocycles. The zero-order valence-electron chi connectivity index (χ0n) is 14.5. The number of ether oxygens (including phenoxy) is 4. The number of nitrogens with one attached hydrogen (secondary N) is 2. The molecule has 0 fully saturated rings. The van der Waals surface area contributed by atoms with Crippen molar-refractivity contribution in [2.45, 2.75) is 6.61 Å². The van der Waals surface area contributed by atoms with Crippen molar-refractivity contribution >= 4 is 12.0 Å². The third-order valence-electron chi connectivity index (χ3n) is 3.26. The van der Waals surface area contributed by atoms with Crippen molar-refractivity contribution < 1.29 is 28.5 Å². The highest BCUT2D eigenvalue weighted by Gasteiger charge is 2.07. The second kappa shape index (κ2) is 9.77. The van der Waals surface area contributed by atoms with Crippen molar-refractivity contribution in [1.82, 2.24) is 10.9 Å². The van der Waals surface area contributed by atoms with E-state index < -0.39 is 12.0 Å². The largest absolute Gasteiger partial charge is 0.497 e. The Kier molecular flexibility index (Phi) is 7.11. The van der Waals surface area contributed by atoms with Crippen LogP contribution >= 0.6 is 0 Å². The maximum atomic E-state index is 11.6. The van der Waals surface area contributed by atoms with Gasteiger partial charge in [0, 0.05) is 0 Å². The maximum absolute atomic E-state index is 11.6. The minimum atomic E-state index is -0.779. The second-order valence-corrected chi connectivity index (χ2v) is 5.06. The van der Waals surface area contributed by atoms with Crippen molar-refractivity contribution in [3.8, 4) is 17.2 Å². The number of hydrazine groups is 1. The molecule has 0 radical (unpaired) electrons. The Morgan fingerprint density at radius 1 is 0.808 bits per heavy atom. The first kappa shape index (κ1) is 18.9. The van der Waals surface area contributed by atoms with Gasteiger partial charge < -0.3 is 18.9 Å². The molecule has 2 N–H and O–H groups in total. The summed E-state index contributed by atoms with van der Waals surface area (Å²) in [7, 11) is 3.13. The molecule has 0 saturated carbocycles. The van der Waals surface area contributed by atoms with Gasteiger partial charge in [-0.15, -0.1) is 0 Å². The molecule has 0 aromatic heterocycles. The van der Waals surface area contributed by atoms with E-state index in [1.165, 1.54) is 0 Å². The molecule has 8 nitrogen and oxygen atoms in total. The molecule has 0 heterocycles. The molecule has 2 aromatic carbocycles. The summed E-state index contributed by atoms with van der Waals surface area (Å²) in [6.45, 7) is -0.195. The number of carbonyl (C=O) groups excluding carboxylic acids is 2. The van der Waals surface area contributed by atoms with Gasteiger partial charge in [0.05, 0.1) is 14.2 Å². The molecule has 0 spiro atoms. The van der Waals surface area contributed by atoms with Gasteiger partial charge in [0.1, 0.15) is 23.9 Å². The van der Waals surface area contributed by atoms with E-state index in [1.54, 1.807) is 62.8 Å². The maximum Gasteiger partial charge on any atom is 0.426 e. The molecule has 2 aromatic rings. The number of methoxy groups -OCH3 is 2. The molecule has 0 unspecified atom stereocenters. The fourth-order valence-corrected chi connectivity index (χ4v) is 1.88. The summed E-state index contributed by atoms with van der Waals surface area (Å²) in [5, 5.41) is 0. The lowest BCUT2D eigenvalue weighted by Gasteiger charge is -2.10. The van der Waals surface area contributed by atoms with Crippen molar-refractivity contribution in [3.05, 3.63) is 54.1 Å². The highest BCUT2D eigenvalue weighted by atomic mass is 16.6. The van der Waals surface area contributed by atoms with Crippen molar-refractivity contribution in [3.63, 3.8) is 0 Å². The fraction of sp³-hybridized carbons (Fsp3) is 0.222. The first-order valence-electron chi connectivity index (χ1n) is 7.72. The molecular weight excluding hydrogens is 340 g/mol. The molecule has 138 valence electrons. The highest BCUT2D eigenvalue weighted by Crippen LogP contribution is 2.16. The Morgan fingerprint density at radius 3 is 1.92 bits per heavy atom. The summed E-state index contributed by atoms with van der Waals surface area (Å²) in [5.74, 6) is 1.37. The molecule has 2 amide bonds. The molecule has 0 saturated heterocycles. The van der Waals surface area contributed by atoms with Gasteiger partial charge in [-0.05, 0) is 42.0 Å². The second-order valence-electron chi connectivity index (χ2n) is 5.06. The number of hydrogen-bond acceptors (Lipinski definition) is 6. The molecule has 2 rings (SSSR count). The van der Waals surface area contributed by atoms with E-state index in [0.717, 1.165) is 5.56 Å². The molecule has 8 heteroatoms. The van der Waals surface area contributed by atoms with Crippen molar-refractivity contribution in [2.24, 2.45) is 0 Å². The lowest BCUT2D eigenvalue weighted by molar-refractivity contribution is -0.124. The highest BCUT2D eigenvalue weighted by molar-refractivity contribution is 5.80. The number of rotatable bonds is 7. The fourth-order valence-electron chi connectivity index (χ4n) is 1.88. The van der Waals surface area contributed by atoms with Crippen LogP contribution in [0.15, 0.2) is 48.5 Å². The topological polar surface area (TPSA) is 95.1 Å². The van der Waals surface area contributed by atoms with E-state index >= 15 is 0 Å². The predicted molar refractivity (Wildman–Crippen MR) is 92.9 cm³/mol. The zero-order valence-corrected chi connectivity index (χ0v) is 14.5. The smallest absolute Gasteiger partial charge is 0.426 e. The van der Waals surface area contributed by atoms with Gasteiger partial charge in [-0.3, -0.25) is 10.2 Å². The van der Waals surface area contributed by atoms with Gasteiger partial charge in [-0.2, -0.15) is 0 Å². The van der Waals surface area contributed by atoms with Crippen LogP contribution in [0, 0.1) is 0 Å². The van der Waals surface area contributed by atoms with Gasteiger partial charge in [0.2, 0.25) is 0 Å². The minimum Gasteiger partial charge on any atom is -0.497 e. The molecule has 0 aliphatic rings. The summed E-state index contributed by atoms with van der Waals surface area (Å²) in [5.41, 5.74) is 5.13. The number of amides is 2. The Morgan fingerprint density at radius 2 is 1.35 bits per heavy atom. The van der Waals surface area contributed by atoms with Crippen LogP contribution in [0.25, 0.3) is 0 Å². The molecule has 0 atom stereocenters. The lowest BCUT2D eigenvalue weighted by atomic mass is 10.2. The van der Waals surface area contributed by atoms with Crippen LogP contribution in [0.2, 0.25) is 0 Å². The third kappa shape index (κ3) is 6.23. The first-order chi connectivity index (χ1) is 12.6. The van der Waals surface area contributed by atoms with Crippen LogP contribution in [0.5, 0.6) is 17.2 Å². The average Bonchev–Trinajstić information content (AvgIpc) is 2.69. The summed E-state index contributed by atoms with van der Waals surface area (Å²) in [4.78, 5) is 23.2. The van der Waals surface area contributed by atoms with Gasteiger partial charge in [0.15, 0.2) is 6.61 Å². The number of hydrogen-bond donors (Lipinski definition) is 2. The summed E-state index contributed by atoms with van der Waals surface area (Å²) in [6.07, 6.45) is -0.779. The monoisotopic (exact) mass is 360 g/mol. The average molecular weight is 360 g/mol. The van der Waals surface area contributed by atoms with Crippen LogP contribution in [0.1, 0.15) is 5.56 Å². The molecule has 0 aliphatic heterocycles. The SMILES string of the molecule is COc1ccc(COC(=O)NNC(=O)COc2ccc(OC)cc2)cc1. The molecule has 26 heavy (non-hydrogen) atoms. The van der Waals surface area contributed by atoms with E-state index in [0.29, 0.717) is 17.2 Å². The van der Waals surface area contributed by atoms with Crippen LogP contribution in [0.3, 0.4) is 0 Å². The minimum absolute atomic E-state index is 0.0635. The number of benzene rings is 2. The Balaban J connectivity index is 1.64. The summed E-state index contributed by atoms with van der Waals surface area (Å²) >= 11 is 0. The normalized spacial score (nSPS) is 9.77. The van der Waals surface area contributed by atoms with E-state index in [2.05, 4.69) is 10.9 Å². The van der Waals surface area contributed by atoms with Crippen molar-refractivity contribution in [1.29, 1.82) is 0 Å². The van der Waals surface area contributed by atoms with Crippen LogP contribution in [-0.2, 0) is 16.1 Å². The summed E-state index contributed by atoms with van der Waals surface area (Å²) < 4.78 is 20.3. The third-order valence-corrected chi connectivity index (χ3v) is 3.26. The Labute approximate surface area is 151 Å². The van der Waals surface area contributed by atoms with Crippen molar-refractivity contribution in [2.75, 3.05) is 20.8 Å². The van der Waals surface area contributed by atoms with Crippen LogP contribution in [-0.4, -0.2) is 32.8 Å². The van der Waals surface area contributed by atoms with Gasteiger partial charge >= 0.3 is 6.09 Å². The standard InChI is InChI=1S/C18H20N2O6/c1-23-14-5-3-13(4-6-14)11-26-18(22)20-19-17(21)12-25-16-9-7-15(24-2)8-10-16/h3-10H,11-12H2,1-2H3,(H,19,21)(H,20,22). The molecular formula is C18H20N2O6. The van der Waals surface area contributed by atoms with Crippen LogP contribution < -0.4 is 25.1 Å². The van der Waals surface area contributed by atoms with E-state index in [1.807, 2.05) is 0 Å². The van der Waals surface area contributed by atoms with Crippen LogP contribution in [0.4, 0.5) is 4.79 Å². The molecule has 0 bridgehead atoms. The number of carbonyl (C=O) groups is 2. The first-order valence-corrected chi connectivity index (χ1v) is 7.72. The van der Waals surface area contributed by atoms with Gasteiger partial charge in [-0.1, -0.05) is 12.1 Å². The zero-order chi connectivity index (χ0) is 18.8. The predicted octanol–water partition coefficient (Wildman–Crippen LogP) is 2.04. The Hall–Kier alpha value is -3.42. The van der Waals surface area contributed by atoms with E-state index in [9.17, 15) is 9.59 Å². The van der Waals surface area contributed by atoms with E-state index in [-0.39, 0.29) is 13.2 Å². The summed E-state index contributed by atoms with van der Waals surface area (Å²) in [6, 6.07) is 13.8. The van der Waals surface area contributed by atoms with Gasteiger partial charge in [-0.25, -0.2) is 10.2 Å².